The Morgan fingerprint density at radius 1 is 1.00 bits per heavy atom. The Morgan fingerprint density at radius 3 is 2.39 bits per heavy atom. The molecule has 33 heavy (non-hydrogen) atoms. The van der Waals surface area contributed by atoms with Crippen LogP contribution in [0.25, 0.3) is 5.76 Å². The molecule has 1 N–H and O–H groups in total. The van der Waals surface area contributed by atoms with Crippen LogP contribution < -0.4 is 4.90 Å². The molecular formula is C28H28N2O3. The number of carbonyl (C=O) groups is 2. The number of nitrogens with zero attached hydrogens (tertiary/aromatic N) is 2. The molecule has 2 heterocycles. The van der Waals surface area contributed by atoms with E-state index >= 15 is 0 Å². The second-order valence-electron chi connectivity index (χ2n) is 9.57. The van der Waals surface area contributed by atoms with E-state index in [0.717, 1.165) is 16.7 Å². The molecule has 1 unspecified atom stereocenters. The van der Waals surface area contributed by atoms with Gasteiger partial charge in [0.2, 0.25) is 0 Å². The number of hydrogen-bond donors (Lipinski definition) is 1. The van der Waals surface area contributed by atoms with Crippen molar-refractivity contribution in [1.82, 2.24) is 4.98 Å². The van der Waals surface area contributed by atoms with Crippen molar-refractivity contribution in [3.05, 3.63) is 100 Å². The fraction of sp³-hybridized carbons (Fsp3) is 0.250. The van der Waals surface area contributed by atoms with Crippen molar-refractivity contribution in [2.45, 2.75) is 46.1 Å². The van der Waals surface area contributed by atoms with Crippen LogP contribution in [0.2, 0.25) is 0 Å². The SMILES string of the molecule is Cc1cccc(N2C(=O)C(=O)/C(=C(/O)c3cc(C(C)(C)C)ccc3C)C2c2cccnc2)c1. The van der Waals surface area contributed by atoms with Crippen molar-refractivity contribution in [2.75, 3.05) is 4.90 Å². The molecule has 1 aliphatic heterocycles. The third-order valence-electron chi connectivity index (χ3n) is 6.08. The van der Waals surface area contributed by atoms with Gasteiger partial charge < -0.3 is 5.11 Å². The molecule has 1 atom stereocenters. The van der Waals surface area contributed by atoms with Crippen LogP contribution in [-0.2, 0) is 15.0 Å². The molecule has 3 aromatic rings. The van der Waals surface area contributed by atoms with Gasteiger partial charge in [0.25, 0.3) is 11.7 Å². The monoisotopic (exact) mass is 440 g/mol. The lowest BCUT2D eigenvalue weighted by molar-refractivity contribution is -0.132. The Morgan fingerprint density at radius 2 is 1.76 bits per heavy atom. The number of hydrogen-bond acceptors (Lipinski definition) is 4. The van der Waals surface area contributed by atoms with Crippen molar-refractivity contribution < 1.29 is 14.7 Å². The number of aryl methyl sites for hydroxylation is 2. The Labute approximate surface area is 194 Å². The van der Waals surface area contributed by atoms with Gasteiger partial charge in [0.15, 0.2) is 0 Å². The first-order chi connectivity index (χ1) is 15.6. The second-order valence-corrected chi connectivity index (χ2v) is 9.57. The molecule has 168 valence electrons. The Hall–Kier alpha value is -3.73. The highest BCUT2D eigenvalue weighted by Crippen LogP contribution is 2.42. The molecule has 0 bridgehead atoms. The summed E-state index contributed by atoms with van der Waals surface area (Å²) < 4.78 is 0. The molecule has 0 aliphatic carbocycles. The van der Waals surface area contributed by atoms with Crippen LogP contribution in [0.4, 0.5) is 5.69 Å². The number of rotatable bonds is 3. The summed E-state index contributed by atoms with van der Waals surface area (Å²) in [6.07, 6.45) is 3.27. The number of Topliss-reactive ketones (excluding diaryl/α,β-unsaturated/α-hetero) is 1. The largest absolute Gasteiger partial charge is 0.507 e. The molecule has 0 radical (unpaired) electrons. The van der Waals surface area contributed by atoms with Gasteiger partial charge in [0.05, 0.1) is 11.6 Å². The fourth-order valence-electron chi connectivity index (χ4n) is 4.22. The van der Waals surface area contributed by atoms with Crippen molar-refractivity contribution in [1.29, 1.82) is 0 Å². The summed E-state index contributed by atoms with van der Waals surface area (Å²) in [7, 11) is 0. The van der Waals surface area contributed by atoms with Gasteiger partial charge >= 0.3 is 0 Å². The van der Waals surface area contributed by atoms with Gasteiger partial charge in [-0.25, -0.2) is 0 Å². The average Bonchev–Trinajstić information content (AvgIpc) is 3.04. The lowest BCUT2D eigenvalue weighted by atomic mass is 9.84. The maximum Gasteiger partial charge on any atom is 0.300 e. The molecule has 0 saturated carbocycles. The molecule has 4 rings (SSSR count). The standard InChI is InChI=1S/C28H28N2O3/c1-17-8-6-10-21(14-17)30-24(19-9-7-13-29-16-19)23(26(32)27(30)33)25(31)22-15-20(28(3,4)5)12-11-18(22)2/h6-16,24,31H,1-5H3/b25-23+. The summed E-state index contributed by atoms with van der Waals surface area (Å²) in [6, 6.07) is 16.1. The number of amides is 1. The molecule has 5 nitrogen and oxygen atoms in total. The number of anilines is 1. The third kappa shape index (κ3) is 4.07. The van der Waals surface area contributed by atoms with Crippen LogP contribution in [0, 0.1) is 13.8 Å². The van der Waals surface area contributed by atoms with Crippen LogP contribution in [-0.4, -0.2) is 21.8 Å². The van der Waals surface area contributed by atoms with E-state index in [1.54, 1.807) is 24.5 Å². The van der Waals surface area contributed by atoms with Crippen molar-refractivity contribution in [3.63, 3.8) is 0 Å². The Kier molecular flexibility index (Phi) is 5.66. The maximum atomic E-state index is 13.3. The molecule has 1 aromatic heterocycles. The van der Waals surface area contributed by atoms with Gasteiger partial charge in [-0.05, 0) is 65.8 Å². The summed E-state index contributed by atoms with van der Waals surface area (Å²) in [5, 5.41) is 11.5. The van der Waals surface area contributed by atoms with Crippen LogP contribution >= 0.6 is 0 Å². The van der Waals surface area contributed by atoms with E-state index in [2.05, 4.69) is 25.8 Å². The van der Waals surface area contributed by atoms with Gasteiger partial charge in [0, 0.05) is 23.6 Å². The lowest BCUT2D eigenvalue weighted by Gasteiger charge is -2.26. The van der Waals surface area contributed by atoms with Gasteiger partial charge in [-0.15, -0.1) is 0 Å². The minimum atomic E-state index is -0.779. The first kappa shape index (κ1) is 22.5. The van der Waals surface area contributed by atoms with E-state index in [1.165, 1.54) is 4.90 Å². The highest BCUT2D eigenvalue weighted by molar-refractivity contribution is 6.51. The van der Waals surface area contributed by atoms with Gasteiger partial charge in [-0.3, -0.25) is 19.5 Å². The Bertz CT molecular complexity index is 1270. The molecule has 1 amide bonds. The average molecular weight is 441 g/mol. The topological polar surface area (TPSA) is 70.5 Å². The van der Waals surface area contributed by atoms with E-state index in [9.17, 15) is 14.7 Å². The molecule has 1 fully saturated rings. The highest BCUT2D eigenvalue weighted by Gasteiger charge is 2.47. The van der Waals surface area contributed by atoms with Crippen molar-refractivity contribution in [2.24, 2.45) is 0 Å². The molecule has 0 spiro atoms. The van der Waals surface area contributed by atoms with E-state index < -0.39 is 17.7 Å². The lowest BCUT2D eigenvalue weighted by Crippen LogP contribution is -2.29. The zero-order chi connectivity index (χ0) is 23.9. The Balaban J connectivity index is 1.98. The number of ketones is 1. The quantitative estimate of drug-likeness (QED) is 0.326. The van der Waals surface area contributed by atoms with Crippen LogP contribution in [0.3, 0.4) is 0 Å². The number of aliphatic hydroxyl groups excluding tert-OH is 1. The first-order valence-electron chi connectivity index (χ1n) is 11.0. The molecule has 1 saturated heterocycles. The molecule has 1 aliphatic rings. The van der Waals surface area contributed by atoms with Crippen molar-refractivity contribution >= 4 is 23.1 Å². The molecular weight excluding hydrogens is 412 g/mol. The highest BCUT2D eigenvalue weighted by atomic mass is 16.3. The minimum Gasteiger partial charge on any atom is -0.507 e. The first-order valence-corrected chi connectivity index (χ1v) is 11.0. The predicted molar refractivity (Wildman–Crippen MR) is 130 cm³/mol. The van der Waals surface area contributed by atoms with Crippen LogP contribution in [0.1, 0.15) is 54.6 Å². The smallest absolute Gasteiger partial charge is 0.300 e. The van der Waals surface area contributed by atoms with Crippen LogP contribution in [0.15, 0.2) is 72.6 Å². The summed E-state index contributed by atoms with van der Waals surface area (Å²) >= 11 is 0. The van der Waals surface area contributed by atoms with E-state index in [1.807, 2.05) is 56.3 Å². The zero-order valence-electron chi connectivity index (χ0n) is 19.6. The summed E-state index contributed by atoms with van der Waals surface area (Å²) in [5.74, 6) is -1.54. The number of aliphatic hydroxyl groups is 1. The van der Waals surface area contributed by atoms with Crippen LogP contribution in [0.5, 0.6) is 0 Å². The number of benzene rings is 2. The van der Waals surface area contributed by atoms with E-state index in [4.69, 9.17) is 0 Å². The summed E-state index contributed by atoms with van der Waals surface area (Å²) in [6.45, 7) is 10.1. The zero-order valence-corrected chi connectivity index (χ0v) is 19.6. The summed E-state index contributed by atoms with van der Waals surface area (Å²) in [4.78, 5) is 32.3. The number of aromatic nitrogens is 1. The number of carbonyl (C=O) groups excluding carboxylic acids is 2. The van der Waals surface area contributed by atoms with Gasteiger partial charge in [-0.1, -0.05) is 51.1 Å². The third-order valence-corrected chi connectivity index (χ3v) is 6.08. The molecule has 5 heteroatoms. The number of pyridine rings is 1. The normalized spacial score (nSPS) is 18.1. The fourth-order valence-corrected chi connectivity index (χ4v) is 4.22. The van der Waals surface area contributed by atoms with Gasteiger partial charge in [0.1, 0.15) is 5.76 Å². The maximum absolute atomic E-state index is 13.3. The molecule has 2 aromatic carbocycles. The summed E-state index contributed by atoms with van der Waals surface area (Å²) in [5.41, 5.74) is 4.57. The minimum absolute atomic E-state index is 0.0728. The van der Waals surface area contributed by atoms with E-state index in [0.29, 0.717) is 16.8 Å². The predicted octanol–water partition coefficient (Wildman–Crippen LogP) is 5.62. The van der Waals surface area contributed by atoms with Gasteiger partial charge in [-0.2, -0.15) is 0 Å². The van der Waals surface area contributed by atoms with E-state index in [-0.39, 0.29) is 16.7 Å². The second kappa shape index (κ2) is 8.32. The van der Waals surface area contributed by atoms with Crippen molar-refractivity contribution in [3.8, 4) is 0 Å².